The third kappa shape index (κ3) is 3.96. The Bertz CT molecular complexity index is 291. The van der Waals surface area contributed by atoms with E-state index in [-0.39, 0.29) is 6.10 Å². The van der Waals surface area contributed by atoms with Gasteiger partial charge in [0.25, 0.3) is 0 Å². The molecule has 0 aromatic carbocycles. The molecule has 3 nitrogen and oxygen atoms in total. The fraction of sp³-hybridized carbons (Fsp3) is 1.00. The molecule has 2 saturated carbocycles. The van der Waals surface area contributed by atoms with E-state index in [2.05, 4.69) is 4.90 Å². The van der Waals surface area contributed by atoms with Crippen LogP contribution in [0.3, 0.4) is 0 Å². The topological polar surface area (TPSA) is 32.7 Å². The van der Waals surface area contributed by atoms with Gasteiger partial charge in [-0.15, -0.1) is 0 Å². The first-order valence-electron chi connectivity index (χ1n) is 8.79. The summed E-state index contributed by atoms with van der Waals surface area (Å²) in [6.07, 6.45) is 10.7. The number of aliphatic hydroxyl groups is 1. The molecule has 2 bridgehead atoms. The molecular weight excluding hydrogens is 250 g/mol. The lowest BCUT2D eigenvalue weighted by atomic mass is 9.87. The summed E-state index contributed by atoms with van der Waals surface area (Å²) in [6.45, 7) is 4.49. The highest BCUT2D eigenvalue weighted by Gasteiger charge is 2.38. The van der Waals surface area contributed by atoms with Gasteiger partial charge in [0, 0.05) is 13.2 Å². The Morgan fingerprint density at radius 3 is 2.65 bits per heavy atom. The molecular formula is C17H31NO2. The molecule has 4 atom stereocenters. The molecule has 0 unspecified atom stereocenters. The van der Waals surface area contributed by atoms with E-state index < -0.39 is 0 Å². The summed E-state index contributed by atoms with van der Waals surface area (Å²) in [5.74, 6) is 2.96. The fourth-order valence-corrected chi connectivity index (χ4v) is 4.68. The van der Waals surface area contributed by atoms with E-state index in [1.807, 2.05) is 0 Å². The summed E-state index contributed by atoms with van der Waals surface area (Å²) in [7, 11) is 0. The van der Waals surface area contributed by atoms with Gasteiger partial charge >= 0.3 is 0 Å². The molecule has 116 valence electrons. The minimum atomic E-state index is -0.298. The maximum Gasteiger partial charge on any atom is 0.0900 e. The average Bonchev–Trinajstić information content (AvgIpc) is 3.07. The monoisotopic (exact) mass is 281 g/mol. The minimum Gasteiger partial charge on any atom is -0.389 e. The van der Waals surface area contributed by atoms with E-state index in [1.54, 1.807) is 0 Å². The van der Waals surface area contributed by atoms with Crippen LogP contribution in [-0.4, -0.2) is 49.0 Å². The Balaban J connectivity index is 1.24. The molecule has 0 spiro atoms. The lowest BCUT2D eigenvalue weighted by molar-refractivity contribution is 0.00805. The first-order chi connectivity index (χ1) is 9.81. The van der Waals surface area contributed by atoms with Crippen LogP contribution in [0, 0.1) is 17.8 Å². The second-order valence-electron chi connectivity index (χ2n) is 7.31. The van der Waals surface area contributed by atoms with Crippen molar-refractivity contribution in [1.29, 1.82) is 0 Å². The molecule has 0 amide bonds. The molecule has 0 radical (unpaired) electrons. The number of β-amino-alcohol motifs (C(OH)–C–C–N with tert-alkyl or cyclic N) is 1. The number of hydrogen-bond donors (Lipinski definition) is 1. The molecule has 0 aromatic rings. The number of rotatable bonds is 7. The van der Waals surface area contributed by atoms with Gasteiger partial charge in [-0.05, 0) is 69.4 Å². The largest absolute Gasteiger partial charge is 0.389 e. The van der Waals surface area contributed by atoms with Crippen LogP contribution in [0.15, 0.2) is 0 Å². The zero-order chi connectivity index (χ0) is 13.8. The Morgan fingerprint density at radius 1 is 1.10 bits per heavy atom. The molecule has 1 heterocycles. The van der Waals surface area contributed by atoms with Gasteiger partial charge in [-0.25, -0.2) is 0 Å². The Hall–Kier alpha value is -0.120. The summed E-state index contributed by atoms with van der Waals surface area (Å²) in [5, 5.41) is 10.0. The highest BCUT2D eigenvalue weighted by atomic mass is 16.5. The summed E-state index contributed by atoms with van der Waals surface area (Å²) >= 11 is 0. The fourth-order valence-electron chi connectivity index (χ4n) is 4.68. The van der Waals surface area contributed by atoms with Gasteiger partial charge in [-0.1, -0.05) is 12.8 Å². The highest BCUT2D eigenvalue weighted by molar-refractivity contribution is 4.89. The molecule has 3 rings (SSSR count). The molecule has 20 heavy (non-hydrogen) atoms. The molecule has 3 aliphatic rings. The third-order valence-corrected chi connectivity index (χ3v) is 5.75. The van der Waals surface area contributed by atoms with Crippen LogP contribution in [0.2, 0.25) is 0 Å². The number of ether oxygens (including phenoxy) is 1. The number of piperidine rings is 1. The predicted molar refractivity (Wildman–Crippen MR) is 80.7 cm³/mol. The average molecular weight is 281 g/mol. The molecule has 1 saturated heterocycles. The van der Waals surface area contributed by atoms with E-state index in [0.29, 0.717) is 6.61 Å². The number of fused-ring (bicyclic) bond motifs is 2. The molecule has 1 N–H and O–H groups in total. The van der Waals surface area contributed by atoms with Crippen LogP contribution in [0.4, 0.5) is 0 Å². The van der Waals surface area contributed by atoms with E-state index >= 15 is 0 Å². The van der Waals surface area contributed by atoms with Crippen LogP contribution >= 0.6 is 0 Å². The van der Waals surface area contributed by atoms with Crippen LogP contribution in [0.5, 0.6) is 0 Å². The maximum atomic E-state index is 10.0. The van der Waals surface area contributed by atoms with Crippen molar-refractivity contribution >= 4 is 0 Å². The number of aliphatic hydroxyl groups excluding tert-OH is 1. The van der Waals surface area contributed by atoms with Crippen molar-refractivity contribution in [3.8, 4) is 0 Å². The first kappa shape index (κ1) is 14.8. The molecule has 1 aliphatic heterocycles. The van der Waals surface area contributed by atoms with Crippen LogP contribution < -0.4 is 0 Å². The van der Waals surface area contributed by atoms with Crippen LogP contribution in [0.1, 0.15) is 51.4 Å². The van der Waals surface area contributed by atoms with E-state index in [9.17, 15) is 5.11 Å². The lowest BCUT2D eigenvalue weighted by Gasteiger charge is -2.28. The summed E-state index contributed by atoms with van der Waals surface area (Å²) < 4.78 is 5.73. The minimum absolute atomic E-state index is 0.298. The summed E-state index contributed by atoms with van der Waals surface area (Å²) in [4.78, 5) is 2.38. The Morgan fingerprint density at radius 2 is 1.95 bits per heavy atom. The number of likely N-dealkylation sites (tertiary alicyclic amines) is 1. The van der Waals surface area contributed by atoms with Crippen molar-refractivity contribution in [1.82, 2.24) is 4.90 Å². The predicted octanol–water partition coefficient (Wildman–Crippen LogP) is 2.68. The third-order valence-electron chi connectivity index (χ3n) is 5.75. The van der Waals surface area contributed by atoms with Crippen molar-refractivity contribution in [3.63, 3.8) is 0 Å². The first-order valence-corrected chi connectivity index (χ1v) is 8.79. The van der Waals surface area contributed by atoms with Crippen molar-refractivity contribution in [2.24, 2.45) is 17.8 Å². The number of hydrogen-bond acceptors (Lipinski definition) is 3. The standard InChI is InChI=1S/C17H31NO2/c19-17(12-18-7-2-1-3-8-18)13-20-9-6-16-11-14-4-5-15(16)10-14/h14-17,19H,1-13H2/t14-,15-,16+,17-/m1/s1. The second kappa shape index (κ2) is 7.24. The van der Waals surface area contributed by atoms with Gasteiger partial charge in [0.2, 0.25) is 0 Å². The summed E-state index contributed by atoms with van der Waals surface area (Å²) in [5.41, 5.74) is 0. The van der Waals surface area contributed by atoms with Gasteiger partial charge in [0.05, 0.1) is 12.7 Å². The number of nitrogens with zero attached hydrogens (tertiary/aromatic N) is 1. The van der Waals surface area contributed by atoms with E-state index in [4.69, 9.17) is 4.74 Å². The van der Waals surface area contributed by atoms with Crippen molar-refractivity contribution in [2.75, 3.05) is 32.8 Å². The maximum absolute atomic E-state index is 10.0. The zero-order valence-electron chi connectivity index (χ0n) is 12.8. The van der Waals surface area contributed by atoms with Gasteiger partial charge in [0.15, 0.2) is 0 Å². The zero-order valence-corrected chi connectivity index (χ0v) is 12.8. The SMILES string of the molecule is O[C@@H](COCC[C@H]1C[C@@H]2CC[C@@H]1C2)CN1CCCCC1. The summed E-state index contributed by atoms with van der Waals surface area (Å²) in [6, 6.07) is 0. The van der Waals surface area contributed by atoms with Gasteiger partial charge < -0.3 is 14.7 Å². The Kier molecular flexibility index (Phi) is 5.36. The van der Waals surface area contributed by atoms with E-state index in [0.717, 1.165) is 44.0 Å². The van der Waals surface area contributed by atoms with Crippen LogP contribution in [0.25, 0.3) is 0 Å². The smallest absolute Gasteiger partial charge is 0.0900 e. The van der Waals surface area contributed by atoms with Crippen LogP contribution in [-0.2, 0) is 4.74 Å². The van der Waals surface area contributed by atoms with Crippen molar-refractivity contribution in [3.05, 3.63) is 0 Å². The van der Waals surface area contributed by atoms with Crippen molar-refractivity contribution in [2.45, 2.75) is 57.5 Å². The molecule has 3 heteroatoms. The van der Waals surface area contributed by atoms with Gasteiger partial charge in [0.1, 0.15) is 0 Å². The lowest BCUT2D eigenvalue weighted by Crippen LogP contribution is -2.38. The Labute approximate surface area is 123 Å². The highest BCUT2D eigenvalue weighted by Crippen LogP contribution is 2.49. The van der Waals surface area contributed by atoms with Crippen molar-refractivity contribution < 1.29 is 9.84 Å². The second-order valence-corrected chi connectivity index (χ2v) is 7.31. The molecule has 2 aliphatic carbocycles. The van der Waals surface area contributed by atoms with E-state index in [1.165, 1.54) is 51.4 Å². The quantitative estimate of drug-likeness (QED) is 0.728. The normalized spacial score (nSPS) is 35.5. The van der Waals surface area contributed by atoms with Gasteiger partial charge in [-0.2, -0.15) is 0 Å². The molecule has 0 aromatic heterocycles. The van der Waals surface area contributed by atoms with Gasteiger partial charge in [-0.3, -0.25) is 0 Å². The molecule has 3 fully saturated rings.